The summed E-state index contributed by atoms with van der Waals surface area (Å²) >= 11 is 6.16. The van der Waals surface area contributed by atoms with E-state index in [4.69, 9.17) is 30.8 Å². The summed E-state index contributed by atoms with van der Waals surface area (Å²) in [5.41, 5.74) is 4.59. The Hall–Kier alpha value is -3.97. The number of carbonyl (C=O) groups excluding carboxylic acids is 1. The average molecular weight is 490 g/mol. The second-order valence-corrected chi connectivity index (χ2v) is 8.49. The molecular weight excluding hydrogens is 466 g/mol. The van der Waals surface area contributed by atoms with Gasteiger partial charge in [-0.2, -0.15) is 0 Å². The molecule has 5 aromatic rings. The van der Waals surface area contributed by atoms with Crippen LogP contribution >= 0.6 is 11.6 Å². The minimum Gasteiger partial charge on any atom is -0.493 e. The predicted molar refractivity (Wildman–Crippen MR) is 137 cm³/mol. The first-order chi connectivity index (χ1) is 17.0. The van der Waals surface area contributed by atoms with Crippen LogP contribution in [0.2, 0.25) is 5.02 Å². The van der Waals surface area contributed by atoms with Gasteiger partial charge in [0, 0.05) is 45.4 Å². The number of imidazole rings is 1. The van der Waals surface area contributed by atoms with Gasteiger partial charge in [0.05, 0.1) is 32.4 Å². The first kappa shape index (κ1) is 22.8. The van der Waals surface area contributed by atoms with E-state index in [0.717, 1.165) is 39.9 Å². The summed E-state index contributed by atoms with van der Waals surface area (Å²) < 4.78 is 18.4. The number of rotatable bonds is 7. The van der Waals surface area contributed by atoms with E-state index in [0.29, 0.717) is 33.4 Å². The van der Waals surface area contributed by atoms with Crippen molar-refractivity contribution in [1.29, 1.82) is 0 Å². The van der Waals surface area contributed by atoms with Crippen molar-refractivity contribution in [2.45, 2.75) is 13.5 Å². The third-order valence-corrected chi connectivity index (χ3v) is 6.35. The molecule has 0 aliphatic rings. The van der Waals surface area contributed by atoms with Gasteiger partial charge in [-0.25, -0.2) is 4.98 Å². The predicted octanol–water partition coefficient (Wildman–Crippen LogP) is 6.11. The molecular formula is C27H24ClN3O4. The number of halogens is 1. The molecule has 178 valence electrons. The van der Waals surface area contributed by atoms with E-state index in [-0.39, 0.29) is 5.78 Å². The smallest absolute Gasteiger partial charge is 0.203 e. The quantitative estimate of drug-likeness (QED) is 0.279. The van der Waals surface area contributed by atoms with Crippen molar-refractivity contribution in [1.82, 2.24) is 14.5 Å². The lowest BCUT2D eigenvalue weighted by molar-refractivity contribution is 0.103. The number of methoxy groups -OCH3 is 3. The Balaban J connectivity index is 1.64. The van der Waals surface area contributed by atoms with Crippen LogP contribution in [0.15, 0.2) is 54.7 Å². The molecule has 0 aliphatic carbocycles. The van der Waals surface area contributed by atoms with E-state index in [1.807, 2.05) is 36.4 Å². The van der Waals surface area contributed by atoms with Crippen molar-refractivity contribution in [2.75, 3.05) is 21.3 Å². The number of aromatic amines is 1. The number of hydrogen-bond donors (Lipinski definition) is 1. The summed E-state index contributed by atoms with van der Waals surface area (Å²) in [6.07, 6.45) is 2.05. The highest BCUT2D eigenvalue weighted by Crippen LogP contribution is 2.39. The largest absolute Gasteiger partial charge is 0.493 e. The first-order valence-corrected chi connectivity index (χ1v) is 11.5. The highest BCUT2D eigenvalue weighted by Gasteiger charge is 2.20. The van der Waals surface area contributed by atoms with Crippen LogP contribution in [0.25, 0.3) is 33.3 Å². The molecule has 7 nitrogen and oxygen atoms in total. The van der Waals surface area contributed by atoms with Crippen molar-refractivity contribution < 1.29 is 19.0 Å². The number of ether oxygens (including phenoxy) is 3. The summed E-state index contributed by atoms with van der Waals surface area (Å²) in [4.78, 5) is 21.7. The number of ketones is 1. The number of hydrogen-bond acceptors (Lipinski definition) is 5. The Bertz CT molecular complexity index is 1560. The second-order valence-electron chi connectivity index (χ2n) is 8.05. The molecule has 0 spiro atoms. The SMILES string of the molecule is CCn1cc(-c2nc3ccc(Cl)cc3[nH]2)c2cc(C(=O)c3cc(OC)c(OC)c(OC)c3)ccc21. The second kappa shape index (κ2) is 9.00. The van der Waals surface area contributed by atoms with E-state index < -0.39 is 0 Å². The number of H-pyrrole nitrogens is 1. The van der Waals surface area contributed by atoms with Gasteiger partial charge >= 0.3 is 0 Å². The molecule has 0 saturated heterocycles. The van der Waals surface area contributed by atoms with Crippen LogP contribution in [0.5, 0.6) is 17.2 Å². The van der Waals surface area contributed by atoms with Crippen LogP contribution < -0.4 is 14.2 Å². The lowest BCUT2D eigenvalue weighted by Gasteiger charge is -2.14. The normalized spacial score (nSPS) is 11.2. The number of benzene rings is 3. The van der Waals surface area contributed by atoms with Gasteiger partial charge in [0.2, 0.25) is 5.75 Å². The average Bonchev–Trinajstić information content (AvgIpc) is 3.47. The molecule has 8 heteroatoms. The van der Waals surface area contributed by atoms with Crippen molar-refractivity contribution in [3.63, 3.8) is 0 Å². The van der Waals surface area contributed by atoms with Crippen LogP contribution in [0.3, 0.4) is 0 Å². The Morgan fingerprint density at radius 2 is 1.71 bits per heavy atom. The molecule has 0 bridgehead atoms. The van der Waals surface area contributed by atoms with Gasteiger partial charge < -0.3 is 23.8 Å². The number of aryl methyl sites for hydroxylation is 1. The molecule has 0 unspecified atom stereocenters. The Morgan fingerprint density at radius 1 is 0.971 bits per heavy atom. The third kappa shape index (κ3) is 3.88. The summed E-state index contributed by atoms with van der Waals surface area (Å²) in [6.45, 7) is 2.86. The van der Waals surface area contributed by atoms with E-state index in [2.05, 4.69) is 22.7 Å². The molecule has 0 radical (unpaired) electrons. The van der Waals surface area contributed by atoms with Crippen molar-refractivity contribution in [3.05, 3.63) is 70.9 Å². The van der Waals surface area contributed by atoms with Gasteiger partial charge in [-0.05, 0) is 55.5 Å². The fraction of sp³-hybridized carbons (Fsp3) is 0.185. The standard InChI is InChI=1S/C27H24ClN3O4/c1-5-31-14-19(27-29-20-8-7-17(28)13-21(20)30-27)18-10-15(6-9-22(18)31)25(32)16-11-23(33-2)26(35-4)24(12-16)34-3/h6-14H,5H2,1-4H3,(H,29,30). The molecule has 0 saturated carbocycles. The summed E-state index contributed by atoms with van der Waals surface area (Å²) in [7, 11) is 4.58. The van der Waals surface area contributed by atoms with E-state index >= 15 is 0 Å². The Morgan fingerprint density at radius 3 is 2.37 bits per heavy atom. The molecule has 5 rings (SSSR count). The molecule has 0 fully saturated rings. The maximum atomic E-state index is 13.5. The Labute approximate surface area is 207 Å². The van der Waals surface area contributed by atoms with Gasteiger partial charge in [-0.15, -0.1) is 0 Å². The topological polar surface area (TPSA) is 78.4 Å². The van der Waals surface area contributed by atoms with Crippen LogP contribution in [0.1, 0.15) is 22.8 Å². The van der Waals surface area contributed by atoms with Gasteiger partial charge in [0.25, 0.3) is 0 Å². The number of nitrogens with one attached hydrogen (secondary N) is 1. The van der Waals surface area contributed by atoms with E-state index in [9.17, 15) is 4.79 Å². The zero-order valence-corrected chi connectivity index (χ0v) is 20.6. The first-order valence-electron chi connectivity index (χ1n) is 11.1. The van der Waals surface area contributed by atoms with E-state index in [1.165, 1.54) is 21.3 Å². The summed E-state index contributed by atoms with van der Waals surface area (Å²) in [5, 5.41) is 1.57. The number of aromatic nitrogens is 3. The third-order valence-electron chi connectivity index (χ3n) is 6.11. The molecule has 35 heavy (non-hydrogen) atoms. The fourth-order valence-corrected chi connectivity index (χ4v) is 4.55. The number of fused-ring (bicyclic) bond motifs is 2. The van der Waals surface area contributed by atoms with Gasteiger partial charge in [0.1, 0.15) is 5.82 Å². The van der Waals surface area contributed by atoms with E-state index in [1.54, 1.807) is 12.1 Å². The molecule has 2 aromatic heterocycles. The van der Waals surface area contributed by atoms with Crippen LogP contribution in [0, 0.1) is 0 Å². The summed E-state index contributed by atoms with van der Waals surface area (Å²) in [6, 6.07) is 14.6. The lowest BCUT2D eigenvalue weighted by Crippen LogP contribution is -2.04. The van der Waals surface area contributed by atoms with Crippen molar-refractivity contribution >= 4 is 39.3 Å². The van der Waals surface area contributed by atoms with Crippen LogP contribution in [0.4, 0.5) is 0 Å². The zero-order valence-electron chi connectivity index (χ0n) is 19.8. The van der Waals surface area contributed by atoms with Crippen LogP contribution in [-0.4, -0.2) is 41.6 Å². The monoisotopic (exact) mass is 489 g/mol. The fourth-order valence-electron chi connectivity index (χ4n) is 4.38. The van der Waals surface area contributed by atoms with Gasteiger partial charge in [-0.1, -0.05) is 11.6 Å². The Kier molecular flexibility index (Phi) is 5.86. The van der Waals surface area contributed by atoms with Gasteiger partial charge in [-0.3, -0.25) is 4.79 Å². The van der Waals surface area contributed by atoms with Crippen molar-refractivity contribution in [3.8, 4) is 28.6 Å². The molecule has 0 aliphatic heterocycles. The maximum Gasteiger partial charge on any atom is 0.203 e. The molecule has 0 atom stereocenters. The number of carbonyl (C=O) groups is 1. The molecule has 2 heterocycles. The van der Waals surface area contributed by atoms with Crippen molar-refractivity contribution in [2.24, 2.45) is 0 Å². The number of nitrogens with zero attached hydrogens (tertiary/aromatic N) is 2. The minimum atomic E-state index is -0.155. The highest BCUT2D eigenvalue weighted by molar-refractivity contribution is 6.31. The minimum absolute atomic E-state index is 0.155. The van der Waals surface area contributed by atoms with Crippen LogP contribution in [-0.2, 0) is 6.54 Å². The molecule has 0 amide bonds. The zero-order chi connectivity index (χ0) is 24.7. The maximum absolute atomic E-state index is 13.5. The highest BCUT2D eigenvalue weighted by atomic mass is 35.5. The molecule has 3 aromatic carbocycles. The van der Waals surface area contributed by atoms with Gasteiger partial charge in [0.15, 0.2) is 17.3 Å². The summed E-state index contributed by atoms with van der Waals surface area (Å²) in [5.74, 6) is 1.86. The lowest BCUT2D eigenvalue weighted by atomic mass is 10.00. The molecule has 1 N–H and O–H groups in total.